The molecule has 0 bridgehead atoms. The van der Waals surface area contributed by atoms with Crippen LogP contribution < -0.4 is 0 Å². The first-order valence-corrected chi connectivity index (χ1v) is 3.73. The van der Waals surface area contributed by atoms with Crippen LogP contribution in [-0.2, 0) is 4.79 Å². The lowest BCUT2D eigenvalue weighted by Crippen LogP contribution is -2.40. The Morgan fingerprint density at radius 2 is 2.18 bits per heavy atom. The number of carbonyl (C=O) groups excluding carboxylic acids is 1. The quantitative estimate of drug-likeness (QED) is 0.556. The second-order valence-corrected chi connectivity index (χ2v) is 3.12. The van der Waals surface area contributed by atoms with Gasteiger partial charge in [0.2, 0.25) is 5.91 Å². The van der Waals surface area contributed by atoms with Gasteiger partial charge in [0, 0.05) is 13.1 Å². The minimum absolute atomic E-state index is 0.0220. The van der Waals surface area contributed by atoms with E-state index in [4.69, 9.17) is 0 Å². The van der Waals surface area contributed by atoms with Gasteiger partial charge in [-0.05, 0) is 13.8 Å². The summed E-state index contributed by atoms with van der Waals surface area (Å²) < 4.78 is 0. The Bertz CT molecular complexity index is 170. The molecule has 1 rings (SSSR count). The van der Waals surface area contributed by atoms with Crippen LogP contribution in [0, 0.1) is 0 Å². The molecule has 0 aromatic rings. The first kappa shape index (κ1) is 8.49. The van der Waals surface area contributed by atoms with Crippen molar-refractivity contribution in [3.05, 3.63) is 0 Å². The smallest absolute Gasteiger partial charge is 0.239 e. The van der Waals surface area contributed by atoms with Crippen LogP contribution in [0.4, 0.5) is 0 Å². The van der Waals surface area contributed by atoms with E-state index in [0.717, 1.165) is 0 Å². The van der Waals surface area contributed by atoms with Crippen molar-refractivity contribution in [2.75, 3.05) is 13.6 Å². The topological polar surface area (TPSA) is 43.8 Å². The summed E-state index contributed by atoms with van der Waals surface area (Å²) in [5.74, 6) is -0.0220. The van der Waals surface area contributed by atoms with Crippen LogP contribution in [0.15, 0.2) is 0 Å². The summed E-state index contributed by atoms with van der Waals surface area (Å²) in [4.78, 5) is 14.1. The molecular weight excluding hydrogens is 144 g/mol. The molecule has 1 heterocycles. The summed E-state index contributed by atoms with van der Waals surface area (Å²) in [6.07, 6.45) is -0.734. The zero-order valence-electron chi connectivity index (χ0n) is 7.11. The number of hydrogen-bond donors (Lipinski definition) is 1. The third-order valence-electron chi connectivity index (χ3n) is 2.02. The summed E-state index contributed by atoms with van der Waals surface area (Å²) in [6.45, 7) is 4.24. The lowest BCUT2D eigenvalue weighted by atomic mass is 10.3. The standard InChI is InChI=1S/C7H14N2O2/c1-5(2)9-4-6(10)8(3)7(9)11/h5,7,11H,4H2,1-3H3. The highest BCUT2D eigenvalue weighted by Gasteiger charge is 2.34. The first-order chi connectivity index (χ1) is 5.04. The minimum Gasteiger partial charge on any atom is -0.361 e. The minimum atomic E-state index is -0.734. The van der Waals surface area contributed by atoms with E-state index in [-0.39, 0.29) is 11.9 Å². The van der Waals surface area contributed by atoms with Gasteiger partial charge in [0.1, 0.15) is 0 Å². The number of carbonyl (C=O) groups is 1. The largest absolute Gasteiger partial charge is 0.361 e. The van der Waals surface area contributed by atoms with Crippen LogP contribution >= 0.6 is 0 Å². The van der Waals surface area contributed by atoms with Crippen LogP contribution in [0.5, 0.6) is 0 Å². The van der Waals surface area contributed by atoms with E-state index in [2.05, 4.69) is 0 Å². The fourth-order valence-electron chi connectivity index (χ4n) is 1.15. The van der Waals surface area contributed by atoms with Crippen LogP contribution in [0.3, 0.4) is 0 Å². The molecule has 1 unspecified atom stereocenters. The molecular formula is C7H14N2O2. The van der Waals surface area contributed by atoms with Gasteiger partial charge < -0.3 is 10.0 Å². The molecule has 1 N–H and O–H groups in total. The molecule has 0 radical (unpaired) electrons. The average Bonchev–Trinajstić information content (AvgIpc) is 2.17. The van der Waals surface area contributed by atoms with Crippen molar-refractivity contribution in [2.45, 2.75) is 26.2 Å². The lowest BCUT2D eigenvalue weighted by Gasteiger charge is -2.25. The molecule has 64 valence electrons. The normalized spacial score (nSPS) is 27.2. The van der Waals surface area contributed by atoms with Crippen molar-refractivity contribution in [3.63, 3.8) is 0 Å². The summed E-state index contributed by atoms with van der Waals surface area (Å²) in [5.41, 5.74) is 0. The SMILES string of the molecule is CC(C)N1CC(=O)N(C)C1O. The number of aliphatic hydroxyl groups is 1. The number of amides is 1. The molecule has 0 saturated carbocycles. The first-order valence-electron chi connectivity index (χ1n) is 3.73. The van der Waals surface area contributed by atoms with Gasteiger partial charge in [-0.2, -0.15) is 0 Å². The highest BCUT2D eigenvalue weighted by molar-refractivity contribution is 5.80. The number of aliphatic hydroxyl groups excluding tert-OH is 1. The molecule has 0 aliphatic carbocycles. The third kappa shape index (κ3) is 1.36. The Hall–Kier alpha value is -0.610. The molecule has 4 heteroatoms. The van der Waals surface area contributed by atoms with E-state index in [0.29, 0.717) is 6.54 Å². The van der Waals surface area contributed by atoms with Crippen molar-refractivity contribution in [2.24, 2.45) is 0 Å². The Morgan fingerprint density at radius 3 is 2.36 bits per heavy atom. The molecule has 1 saturated heterocycles. The zero-order valence-corrected chi connectivity index (χ0v) is 7.11. The Kier molecular flexibility index (Phi) is 2.15. The highest BCUT2D eigenvalue weighted by Crippen LogP contribution is 2.13. The van der Waals surface area contributed by atoms with Gasteiger partial charge in [-0.1, -0.05) is 0 Å². The maximum atomic E-state index is 11.0. The molecule has 0 aromatic carbocycles. The van der Waals surface area contributed by atoms with E-state index in [1.165, 1.54) is 4.90 Å². The summed E-state index contributed by atoms with van der Waals surface area (Å²) in [5, 5.41) is 9.43. The van der Waals surface area contributed by atoms with Gasteiger partial charge in [0.05, 0.1) is 6.54 Å². The zero-order chi connectivity index (χ0) is 8.59. The monoisotopic (exact) mass is 158 g/mol. The molecule has 11 heavy (non-hydrogen) atoms. The predicted molar refractivity (Wildman–Crippen MR) is 40.6 cm³/mol. The Morgan fingerprint density at radius 1 is 1.64 bits per heavy atom. The lowest BCUT2D eigenvalue weighted by molar-refractivity contribution is -0.132. The fourth-order valence-corrected chi connectivity index (χ4v) is 1.15. The maximum absolute atomic E-state index is 11.0. The van der Waals surface area contributed by atoms with Crippen molar-refractivity contribution in [3.8, 4) is 0 Å². The molecule has 0 aromatic heterocycles. The Balaban J connectivity index is 2.67. The number of rotatable bonds is 1. The summed E-state index contributed by atoms with van der Waals surface area (Å²) in [7, 11) is 1.61. The molecule has 0 spiro atoms. The van der Waals surface area contributed by atoms with Gasteiger partial charge in [-0.15, -0.1) is 0 Å². The molecule has 1 amide bonds. The average molecular weight is 158 g/mol. The van der Waals surface area contributed by atoms with Crippen LogP contribution in [0.2, 0.25) is 0 Å². The molecule has 1 aliphatic heterocycles. The van der Waals surface area contributed by atoms with Crippen molar-refractivity contribution in [1.29, 1.82) is 0 Å². The van der Waals surface area contributed by atoms with Gasteiger partial charge in [-0.3, -0.25) is 4.79 Å². The second kappa shape index (κ2) is 2.79. The van der Waals surface area contributed by atoms with E-state index in [9.17, 15) is 9.90 Å². The van der Waals surface area contributed by atoms with Crippen molar-refractivity contribution >= 4 is 5.91 Å². The van der Waals surface area contributed by atoms with Gasteiger partial charge >= 0.3 is 0 Å². The fraction of sp³-hybridized carbons (Fsp3) is 0.857. The molecule has 1 aliphatic rings. The van der Waals surface area contributed by atoms with Gasteiger partial charge in [-0.25, -0.2) is 4.90 Å². The van der Waals surface area contributed by atoms with Crippen LogP contribution in [-0.4, -0.2) is 46.8 Å². The maximum Gasteiger partial charge on any atom is 0.239 e. The summed E-state index contributed by atoms with van der Waals surface area (Å²) >= 11 is 0. The molecule has 1 atom stereocenters. The van der Waals surface area contributed by atoms with E-state index >= 15 is 0 Å². The van der Waals surface area contributed by atoms with E-state index in [1.807, 2.05) is 13.8 Å². The molecule has 4 nitrogen and oxygen atoms in total. The number of likely N-dealkylation sites (N-methyl/N-ethyl adjacent to an activating group) is 1. The predicted octanol–water partition coefficient (Wildman–Crippen LogP) is -0.555. The van der Waals surface area contributed by atoms with Gasteiger partial charge in [0.15, 0.2) is 6.35 Å². The highest BCUT2D eigenvalue weighted by atomic mass is 16.3. The van der Waals surface area contributed by atoms with Gasteiger partial charge in [0.25, 0.3) is 0 Å². The number of hydrogen-bond acceptors (Lipinski definition) is 3. The van der Waals surface area contributed by atoms with E-state index < -0.39 is 6.35 Å². The second-order valence-electron chi connectivity index (χ2n) is 3.12. The number of nitrogens with zero attached hydrogens (tertiary/aromatic N) is 2. The van der Waals surface area contributed by atoms with Crippen molar-refractivity contribution in [1.82, 2.24) is 9.80 Å². The van der Waals surface area contributed by atoms with Crippen molar-refractivity contribution < 1.29 is 9.90 Å². The molecule has 1 fully saturated rings. The van der Waals surface area contributed by atoms with E-state index in [1.54, 1.807) is 11.9 Å². The van der Waals surface area contributed by atoms with Crippen LogP contribution in [0.25, 0.3) is 0 Å². The summed E-state index contributed by atoms with van der Waals surface area (Å²) in [6, 6.07) is 0.207. The Labute approximate surface area is 66.4 Å². The third-order valence-corrected chi connectivity index (χ3v) is 2.02. The van der Waals surface area contributed by atoms with Crippen LogP contribution in [0.1, 0.15) is 13.8 Å².